The Bertz CT molecular complexity index is 356. The molecule has 1 unspecified atom stereocenters. The number of nitrogens with zero attached hydrogens (tertiary/aromatic N) is 2. The van der Waals surface area contributed by atoms with E-state index in [4.69, 9.17) is 17.3 Å². The lowest BCUT2D eigenvalue weighted by molar-refractivity contribution is 0.258. The second-order valence-electron chi connectivity index (χ2n) is 4.29. The molecule has 0 aliphatic heterocycles. The molecule has 86 valence electrons. The quantitative estimate of drug-likeness (QED) is 0.762. The van der Waals surface area contributed by atoms with Crippen LogP contribution in [0.2, 0.25) is 0 Å². The van der Waals surface area contributed by atoms with Gasteiger partial charge in [0.15, 0.2) is 10.6 Å². The van der Waals surface area contributed by atoms with Gasteiger partial charge >= 0.3 is 0 Å². The summed E-state index contributed by atoms with van der Waals surface area (Å²) in [5.41, 5.74) is 0. The summed E-state index contributed by atoms with van der Waals surface area (Å²) in [6.07, 6.45) is 2.21. The third kappa shape index (κ3) is 3.14. The molecular formula is C10H19N3OS. The molecule has 0 aliphatic carbocycles. The number of rotatable bonds is 5. The van der Waals surface area contributed by atoms with Gasteiger partial charge in [0, 0.05) is 6.04 Å². The lowest BCUT2D eigenvalue weighted by Crippen LogP contribution is -2.10. The van der Waals surface area contributed by atoms with Crippen LogP contribution in [0, 0.1) is 10.7 Å². The number of aromatic nitrogens is 3. The molecule has 2 N–H and O–H groups in total. The van der Waals surface area contributed by atoms with Gasteiger partial charge in [0.25, 0.3) is 0 Å². The van der Waals surface area contributed by atoms with Gasteiger partial charge in [-0.2, -0.15) is 5.10 Å². The van der Waals surface area contributed by atoms with E-state index in [1.54, 1.807) is 0 Å². The SMILES string of the molecule is CC(C)CCC(C)n1c(CO)n[nH]c1=S. The van der Waals surface area contributed by atoms with E-state index >= 15 is 0 Å². The molecule has 0 amide bonds. The van der Waals surface area contributed by atoms with Crippen molar-refractivity contribution in [1.82, 2.24) is 14.8 Å². The van der Waals surface area contributed by atoms with Crippen molar-refractivity contribution in [3.8, 4) is 0 Å². The van der Waals surface area contributed by atoms with Crippen molar-refractivity contribution >= 4 is 12.2 Å². The average Bonchev–Trinajstić information content (AvgIpc) is 2.56. The number of aromatic amines is 1. The molecule has 1 aromatic rings. The number of hydrogen-bond donors (Lipinski definition) is 2. The Morgan fingerprint density at radius 3 is 2.60 bits per heavy atom. The van der Waals surface area contributed by atoms with Crippen molar-refractivity contribution in [2.75, 3.05) is 0 Å². The highest BCUT2D eigenvalue weighted by Crippen LogP contribution is 2.18. The van der Waals surface area contributed by atoms with E-state index < -0.39 is 0 Å². The van der Waals surface area contributed by atoms with E-state index in [1.807, 2.05) is 4.57 Å². The minimum Gasteiger partial charge on any atom is -0.388 e. The summed E-state index contributed by atoms with van der Waals surface area (Å²) in [4.78, 5) is 0. The standard InChI is InChI=1S/C10H19N3OS/c1-7(2)4-5-8(3)13-9(6-14)11-12-10(13)15/h7-8,14H,4-6H2,1-3H3,(H,12,15). The van der Waals surface area contributed by atoms with Crippen LogP contribution in [-0.2, 0) is 6.61 Å². The summed E-state index contributed by atoms with van der Waals surface area (Å²) < 4.78 is 2.49. The van der Waals surface area contributed by atoms with Crippen molar-refractivity contribution in [1.29, 1.82) is 0 Å². The molecule has 5 heteroatoms. The molecule has 0 aromatic carbocycles. The molecule has 15 heavy (non-hydrogen) atoms. The summed E-state index contributed by atoms with van der Waals surface area (Å²) in [5, 5.41) is 15.8. The summed E-state index contributed by atoms with van der Waals surface area (Å²) >= 11 is 5.13. The zero-order chi connectivity index (χ0) is 11.4. The van der Waals surface area contributed by atoms with Gasteiger partial charge in [0.1, 0.15) is 6.61 Å². The van der Waals surface area contributed by atoms with Gasteiger partial charge in [-0.1, -0.05) is 13.8 Å². The van der Waals surface area contributed by atoms with Crippen LogP contribution < -0.4 is 0 Å². The van der Waals surface area contributed by atoms with E-state index in [1.165, 1.54) is 0 Å². The van der Waals surface area contributed by atoms with Crippen LogP contribution in [0.5, 0.6) is 0 Å². The number of hydrogen-bond acceptors (Lipinski definition) is 3. The molecule has 1 rings (SSSR count). The van der Waals surface area contributed by atoms with Gasteiger partial charge in [-0.15, -0.1) is 0 Å². The molecule has 0 spiro atoms. The second-order valence-corrected chi connectivity index (χ2v) is 4.68. The first-order chi connectivity index (χ1) is 7.06. The molecule has 0 fully saturated rings. The first kappa shape index (κ1) is 12.4. The van der Waals surface area contributed by atoms with E-state index in [0.717, 1.165) is 12.8 Å². The summed E-state index contributed by atoms with van der Waals surface area (Å²) in [6.45, 7) is 6.44. The minimum absolute atomic E-state index is 0.0703. The van der Waals surface area contributed by atoms with Crippen LogP contribution in [-0.4, -0.2) is 19.9 Å². The molecular weight excluding hydrogens is 210 g/mol. The molecule has 1 atom stereocenters. The highest BCUT2D eigenvalue weighted by molar-refractivity contribution is 7.71. The molecule has 1 aromatic heterocycles. The van der Waals surface area contributed by atoms with Crippen molar-refractivity contribution < 1.29 is 5.11 Å². The average molecular weight is 229 g/mol. The Kier molecular flexibility index (Phi) is 4.47. The second kappa shape index (κ2) is 5.42. The van der Waals surface area contributed by atoms with Crippen LogP contribution in [0.15, 0.2) is 0 Å². The first-order valence-corrected chi connectivity index (χ1v) is 5.73. The third-order valence-corrected chi connectivity index (χ3v) is 2.81. The Morgan fingerprint density at radius 1 is 1.40 bits per heavy atom. The van der Waals surface area contributed by atoms with Gasteiger partial charge in [0.2, 0.25) is 0 Å². The van der Waals surface area contributed by atoms with Crippen molar-refractivity contribution in [2.45, 2.75) is 46.3 Å². The van der Waals surface area contributed by atoms with Crippen molar-refractivity contribution in [3.05, 3.63) is 10.6 Å². The number of aliphatic hydroxyl groups is 1. The lowest BCUT2D eigenvalue weighted by Gasteiger charge is -2.15. The maximum atomic E-state index is 9.11. The molecule has 4 nitrogen and oxygen atoms in total. The molecule has 0 radical (unpaired) electrons. The van der Waals surface area contributed by atoms with E-state index in [9.17, 15) is 0 Å². The minimum atomic E-state index is -0.0703. The summed E-state index contributed by atoms with van der Waals surface area (Å²) in [6, 6.07) is 0.292. The molecule has 0 saturated carbocycles. The largest absolute Gasteiger partial charge is 0.388 e. The first-order valence-electron chi connectivity index (χ1n) is 5.33. The van der Waals surface area contributed by atoms with Crippen LogP contribution >= 0.6 is 12.2 Å². The lowest BCUT2D eigenvalue weighted by atomic mass is 10.0. The topological polar surface area (TPSA) is 53.8 Å². The van der Waals surface area contributed by atoms with E-state index in [2.05, 4.69) is 31.0 Å². The van der Waals surface area contributed by atoms with Crippen LogP contribution in [0.3, 0.4) is 0 Å². The molecule has 0 bridgehead atoms. The number of nitrogens with one attached hydrogen (secondary N) is 1. The number of H-pyrrole nitrogens is 1. The highest BCUT2D eigenvalue weighted by Gasteiger charge is 2.12. The Labute approximate surface area is 95.3 Å². The zero-order valence-electron chi connectivity index (χ0n) is 9.53. The monoisotopic (exact) mass is 229 g/mol. The fourth-order valence-electron chi connectivity index (χ4n) is 1.61. The molecule has 0 saturated heterocycles. The van der Waals surface area contributed by atoms with Crippen LogP contribution in [0.1, 0.15) is 45.5 Å². The smallest absolute Gasteiger partial charge is 0.195 e. The predicted molar refractivity (Wildman–Crippen MR) is 62.1 cm³/mol. The molecule has 1 heterocycles. The Hall–Kier alpha value is -0.680. The van der Waals surface area contributed by atoms with E-state index in [0.29, 0.717) is 22.6 Å². The fourth-order valence-corrected chi connectivity index (χ4v) is 1.94. The fraction of sp³-hybridized carbons (Fsp3) is 0.800. The van der Waals surface area contributed by atoms with Gasteiger partial charge in [0.05, 0.1) is 0 Å². The third-order valence-electron chi connectivity index (χ3n) is 2.52. The van der Waals surface area contributed by atoms with Gasteiger partial charge in [-0.05, 0) is 37.9 Å². The Balaban J connectivity index is 2.76. The summed E-state index contributed by atoms with van der Waals surface area (Å²) in [7, 11) is 0. The van der Waals surface area contributed by atoms with Gasteiger partial charge in [-0.25, -0.2) is 0 Å². The highest BCUT2D eigenvalue weighted by atomic mass is 32.1. The van der Waals surface area contributed by atoms with Crippen molar-refractivity contribution in [2.24, 2.45) is 5.92 Å². The van der Waals surface area contributed by atoms with E-state index in [-0.39, 0.29) is 6.61 Å². The molecule has 0 aliphatic rings. The zero-order valence-corrected chi connectivity index (χ0v) is 10.3. The normalized spacial score (nSPS) is 13.4. The van der Waals surface area contributed by atoms with Crippen molar-refractivity contribution in [3.63, 3.8) is 0 Å². The van der Waals surface area contributed by atoms with Gasteiger partial charge in [-0.3, -0.25) is 9.67 Å². The predicted octanol–water partition coefficient (Wildman–Crippen LogP) is 2.43. The maximum Gasteiger partial charge on any atom is 0.195 e. The Morgan fingerprint density at radius 2 is 2.07 bits per heavy atom. The number of aliphatic hydroxyl groups excluding tert-OH is 1. The van der Waals surface area contributed by atoms with Gasteiger partial charge < -0.3 is 5.11 Å². The van der Waals surface area contributed by atoms with Crippen LogP contribution in [0.25, 0.3) is 0 Å². The maximum absolute atomic E-state index is 9.11. The van der Waals surface area contributed by atoms with Crippen LogP contribution in [0.4, 0.5) is 0 Å². The summed E-state index contributed by atoms with van der Waals surface area (Å²) in [5.74, 6) is 1.31.